The van der Waals surface area contributed by atoms with E-state index < -0.39 is 12.0 Å². The van der Waals surface area contributed by atoms with Gasteiger partial charge in [0.05, 0.1) is 0 Å². The van der Waals surface area contributed by atoms with Gasteiger partial charge in [-0.05, 0) is 13.0 Å². The fourth-order valence-corrected chi connectivity index (χ4v) is 1.65. The molecular weight excluding hydrogens is 204 g/mol. The summed E-state index contributed by atoms with van der Waals surface area (Å²) in [5.74, 6) is -0.164. The Morgan fingerprint density at radius 2 is 1.88 bits per heavy atom. The summed E-state index contributed by atoms with van der Waals surface area (Å²) >= 11 is 0. The van der Waals surface area contributed by atoms with Crippen LogP contribution in [0.1, 0.15) is 34.1 Å². The zero-order valence-corrected chi connectivity index (χ0v) is 11.2. The highest BCUT2D eigenvalue weighted by Crippen LogP contribution is 2.03. The Kier molecular flexibility index (Phi) is 7.34. The van der Waals surface area contributed by atoms with Crippen LogP contribution in [0.4, 0.5) is 0 Å². The van der Waals surface area contributed by atoms with Crippen LogP contribution in [0, 0.1) is 5.92 Å². The van der Waals surface area contributed by atoms with Gasteiger partial charge < -0.3 is 15.3 Å². The molecule has 16 heavy (non-hydrogen) atoms. The smallest absolute Gasteiger partial charge is 0.322 e. The van der Waals surface area contributed by atoms with E-state index in [4.69, 9.17) is 5.11 Å². The van der Waals surface area contributed by atoms with Gasteiger partial charge in [0.15, 0.2) is 0 Å². The molecule has 2 N–H and O–H groups in total. The summed E-state index contributed by atoms with van der Waals surface area (Å²) < 4.78 is 0. The SMILES string of the molecule is CCC(C)CN(C)CC(NC(C)C)C(=O)O. The van der Waals surface area contributed by atoms with Crippen LogP contribution in [0.5, 0.6) is 0 Å². The number of likely N-dealkylation sites (N-methyl/N-ethyl adjacent to an activating group) is 1. The molecule has 0 spiro atoms. The molecule has 0 aliphatic rings. The Labute approximate surface area is 99.0 Å². The molecule has 0 heterocycles. The third kappa shape index (κ3) is 6.80. The van der Waals surface area contributed by atoms with E-state index in [0.29, 0.717) is 12.5 Å². The number of rotatable bonds is 8. The van der Waals surface area contributed by atoms with Crippen LogP contribution in [0.15, 0.2) is 0 Å². The number of hydrogen-bond donors (Lipinski definition) is 2. The summed E-state index contributed by atoms with van der Waals surface area (Å²) in [5, 5.41) is 12.1. The molecule has 0 aromatic heterocycles. The lowest BCUT2D eigenvalue weighted by atomic mass is 10.1. The van der Waals surface area contributed by atoms with E-state index in [0.717, 1.165) is 13.0 Å². The van der Waals surface area contributed by atoms with Gasteiger partial charge in [0.2, 0.25) is 0 Å². The lowest BCUT2D eigenvalue weighted by molar-refractivity contribution is -0.140. The molecule has 0 bridgehead atoms. The molecule has 0 fully saturated rings. The zero-order chi connectivity index (χ0) is 12.7. The van der Waals surface area contributed by atoms with Crippen LogP contribution in [-0.4, -0.2) is 48.2 Å². The molecular formula is C12H26N2O2. The summed E-state index contributed by atoms with van der Waals surface area (Å²) in [7, 11) is 1.98. The Hall–Kier alpha value is -0.610. The lowest BCUT2D eigenvalue weighted by Gasteiger charge is -2.25. The van der Waals surface area contributed by atoms with Crippen LogP contribution in [0.2, 0.25) is 0 Å². The first-order chi connectivity index (χ1) is 7.36. The molecule has 2 atom stereocenters. The number of aliphatic carboxylic acids is 1. The number of carboxylic acids is 1. The van der Waals surface area contributed by atoms with Crippen LogP contribution >= 0.6 is 0 Å². The molecule has 0 saturated carbocycles. The maximum atomic E-state index is 11.0. The van der Waals surface area contributed by atoms with Crippen molar-refractivity contribution in [1.29, 1.82) is 0 Å². The minimum Gasteiger partial charge on any atom is -0.480 e. The van der Waals surface area contributed by atoms with Crippen molar-refractivity contribution in [1.82, 2.24) is 10.2 Å². The molecule has 96 valence electrons. The quantitative estimate of drug-likeness (QED) is 0.662. The van der Waals surface area contributed by atoms with Gasteiger partial charge in [0, 0.05) is 19.1 Å². The summed E-state index contributed by atoms with van der Waals surface area (Å²) in [6, 6.07) is -0.285. The average molecular weight is 230 g/mol. The van der Waals surface area contributed by atoms with E-state index in [-0.39, 0.29) is 6.04 Å². The first-order valence-corrected chi connectivity index (χ1v) is 6.04. The fraction of sp³-hybridized carbons (Fsp3) is 0.917. The summed E-state index contributed by atoms with van der Waals surface area (Å²) in [6.07, 6.45) is 1.12. The summed E-state index contributed by atoms with van der Waals surface area (Å²) in [6.45, 7) is 9.76. The van der Waals surface area contributed by atoms with Gasteiger partial charge in [-0.25, -0.2) is 0 Å². The minimum atomic E-state index is -0.773. The molecule has 2 unspecified atom stereocenters. The van der Waals surface area contributed by atoms with Gasteiger partial charge in [0.1, 0.15) is 6.04 Å². The third-order valence-corrected chi connectivity index (χ3v) is 2.65. The largest absolute Gasteiger partial charge is 0.480 e. The Morgan fingerprint density at radius 3 is 2.25 bits per heavy atom. The van der Waals surface area contributed by atoms with Crippen molar-refractivity contribution in [3.63, 3.8) is 0 Å². The average Bonchev–Trinajstić information content (AvgIpc) is 2.15. The number of hydrogen-bond acceptors (Lipinski definition) is 3. The van der Waals surface area contributed by atoms with Crippen LogP contribution in [0.25, 0.3) is 0 Å². The van der Waals surface area contributed by atoms with E-state index in [2.05, 4.69) is 24.1 Å². The highest BCUT2D eigenvalue weighted by Gasteiger charge is 2.20. The maximum absolute atomic E-state index is 11.0. The Bertz CT molecular complexity index is 207. The fourth-order valence-electron chi connectivity index (χ4n) is 1.65. The molecule has 0 radical (unpaired) electrons. The molecule has 0 aliphatic carbocycles. The number of nitrogens with one attached hydrogen (secondary N) is 1. The second kappa shape index (κ2) is 7.63. The Balaban J connectivity index is 4.12. The van der Waals surface area contributed by atoms with Crippen molar-refractivity contribution in [2.75, 3.05) is 20.1 Å². The van der Waals surface area contributed by atoms with E-state index in [1.807, 2.05) is 20.9 Å². The van der Waals surface area contributed by atoms with Crippen molar-refractivity contribution >= 4 is 5.97 Å². The van der Waals surface area contributed by atoms with Gasteiger partial charge in [-0.3, -0.25) is 4.79 Å². The normalized spacial score (nSPS) is 15.4. The van der Waals surface area contributed by atoms with Crippen molar-refractivity contribution in [3.05, 3.63) is 0 Å². The van der Waals surface area contributed by atoms with Crippen molar-refractivity contribution < 1.29 is 9.90 Å². The van der Waals surface area contributed by atoms with E-state index in [9.17, 15) is 4.79 Å². The topological polar surface area (TPSA) is 52.6 Å². The predicted molar refractivity (Wildman–Crippen MR) is 66.6 cm³/mol. The molecule has 0 saturated heterocycles. The van der Waals surface area contributed by atoms with Gasteiger partial charge in [-0.15, -0.1) is 0 Å². The lowest BCUT2D eigenvalue weighted by Crippen LogP contribution is -2.48. The summed E-state index contributed by atoms with van der Waals surface area (Å²) in [5.41, 5.74) is 0. The maximum Gasteiger partial charge on any atom is 0.322 e. The van der Waals surface area contributed by atoms with Crippen LogP contribution in [-0.2, 0) is 4.79 Å². The highest BCUT2D eigenvalue weighted by molar-refractivity contribution is 5.73. The second-order valence-electron chi connectivity index (χ2n) is 4.95. The predicted octanol–water partition coefficient (Wildman–Crippen LogP) is 1.42. The van der Waals surface area contributed by atoms with Gasteiger partial charge >= 0.3 is 5.97 Å². The molecule has 4 heteroatoms. The number of nitrogens with zero attached hydrogens (tertiary/aromatic N) is 1. The second-order valence-corrected chi connectivity index (χ2v) is 4.95. The third-order valence-electron chi connectivity index (χ3n) is 2.65. The van der Waals surface area contributed by atoms with E-state index >= 15 is 0 Å². The Morgan fingerprint density at radius 1 is 1.31 bits per heavy atom. The minimum absolute atomic E-state index is 0.193. The van der Waals surface area contributed by atoms with Crippen LogP contribution in [0.3, 0.4) is 0 Å². The number of carboxylic acid groups (broad SMARTS) is 1. The summed E-state index contributed by atoms with van der Waals surface area (Å²) in [4.78, 5) is 13.1. The van der Waals surface area contributed by atoms with Crippen molar-refractivity contribution in [2.24, 2.45) is 5.92 Å². The van der Waals surface area contributed by atoms with Crippen LogP contribution < -0.4 is 5.32 Å². The van der Waals surface area contributed by atoms with Gasteiger partial charge in [0.25, 0.3) is 0 Å². The monoisotopic (exact) mass is 230 g/mol. The molecule has 0 aromatic rings. The molecule has 0 aliphatic heterocycles. The van der Waals surface area contributed by atoms with Crippen molar-refractivity contribution in [3.8, 4) is 0 Å². The van der Waals surface area contributed by atoms with Gasteiger partial charge in [-0.1, -0.05) is 34.1 Å². The molecule has 0 amide bonds. The first kappa shape index (κ1) is 15.4. The molecule has 0 aromatic carbocycles. The molecule has 4 nitrogen and oxygen atoms in total. The first-order valence-electron chi connectivity index (χ1n) is 6.04. The standard InChI is InChI=1S/C12H26N2O2/c1-6-10(4)7-14(5)8-11(12(15)16)13-9(2)3/h9-11,13H,6-8H2,1-5H3,(H,15,16). The van der Waals surface area contributed by atoms with Crippen molar-refractivity contribution in [2.45, 2.75) is 46.2 Å². The number of carbonyl (C=O) groups is 1. The molecule has 0 rings (SSSR count). The highest BCUT2D eigenvalue weighted by atomic mass is 16.4. The van der Waals surface area contributed by atoms with E-state index in [1.54, 1.807) is 0 Å². The van der Waals surface area contributed by atoms with E-state index in [1.165, 1.54) is 0 Å². The van der Waals surface area contributed by atoms with Gasteiger partial charge in [-0.2, -0.15) is 0 Å². The zero-order valence-electron chi connectivity index (χ0n) is 11.2.